The monoisotopic (exact) mass is 731 g/mol. The van der Waals surface area contributed by atoms with Crippen molar-refractivity contribution in [3.8, 4) is 56.4 Å². The summed E-state index contributed by atoms with van der Waals surface area (Å²) in [5, 5.41) is 6.22. The summed E-state index contributed by atoms with van der Waals surface area (Å²) in [6.07, 6.45) is 0. The van der Waals surface area contributed by atoms with Gasteiger partial charge in [-0.2, -0.15) is 0 Å². The Hall–Kier alpha value is -7.83. The van der Waals surface area contributed by atoms with Crippen LogP contribution in [0.1, 0.15) is 0 Å². The molecule has 4 aromatic heterocycles. The first-order valence-corrected chi connectivity index (χ1v) is 18.9. The van der Waals surface area contributed by atoms with Crippen molar-refractivity contribution in [1.82, 2.24) is 15.0 Å². The average molecular weight is 732 g/mol. The molecule has 0 saturated carbocycles. The lowest BCUT2D eigenvalue weighted by atomic mass is 9.93. The first kappa shape index (κ1) is 31.5. The number of aromatic nitrogens is 3. The van der Waals surface area contributed by atoms with E-state index >= 15 is 0 Å². The van der Waals surface area contributed by atoms with E-state index < -0.39 is 0 Å². The average Bonchev–Trinajstić information content (AvgIpc) is 3.97. The lowest BCUT2D eigenvalue weighted by molar-refractivity contribution is 0.668. The summed E-state index contributed by atoms with van der Waals surface area (Å²) in [6.45, 7) is 0. The minimum Gasteiger partial charge on any atom is -0.456 e. The second kappa shape index (κ2) is 12.3. The van der Waals surface area contributed by atoms with Gasteiger partial charge >= 0.3 is 0 Å². The molecule has 0 amide bonds. The van der Waals surface area contributed by atoms with Crippen LogP contribution in [-0.4, -0.2) is 15.0 Å². The van der Waals surface area contributed by atoms with Crippen molar-refractivity contribution in [2.24, 2.45) is 0 Å². The van der Waals surface area contributed by atoms with Crippen LogP contribution >= 0.6 is 0 Å². The van der Waals surface area contributed by atoms with Crippen LogP contribution in [0.15, 0.2) is 189 Å². The molecule has 0 aliphatic rings. The summed E-state index contributed by atoms with van der Waals surface area (Å²) >= 11 is 0. The molecule has 0 saturated heterocycles. The van der Waals surface area contributed by atoms with Crippen LogP contribution in [0.4, 0.5) is 0 Å². The maximum atomic E-state index is 6.81. The fourth-order valence-corrected chi connectivity index (χ4v) is 8.32. The number of hydrogen-bond acceptors (Lipinski definition) is 6. The van der Waals surface area contributed by atoms with Gasteiger partial charge in [0.15, 0.2) is 17.5 Å². The topological polar surface area (TPSA) is 78.1 Å². The van der Waals surface area contributed by atoms with Crippen LogP contribution < -0.4 is 0 Å². The Kier molecular flexibility index (Phi) is 6.83. The van der Waals surface area contributed by atoms with Crippen molar-refractivity contribution < 1.29 is 13.3 Å². The zero-order chi connectivity index (χ0) is 37.5. The molecular formula is C51H29N3O3. The summed E-state index contributed by atoms with van der Waals surface area (Å²) in [5.41, 5.74) is 11.6. The Labute approximate surface area is 325 Å². The van der Waals surface area contributed by atoms with E-state index in [0.29, 0.717) is 17.5 Å². The predicted molar refractivity (Wildman–Crippen MR) is 229 cm³/mol. The fraction of sp³-hybridized carbons (Fsp3) is 0. The van der Waals surface area contributed by atoms with E-state index in [-0.39, 0.29) is 0 Å². The molecular weight excluding hydrogens is 703 g/mol. The molecule has 12 aromatic rings. The highest BCUT2D eigenvalue weighted by atomic mass is 16.3. The smallest absolute Gasteiger partial charge is 0.164 e. The molecule has 6 heteroatoms. The van der Waals surface area contributed by atoms with Crippen LogP contribution in [0.5, 0.6) is 0 Å². The Morgan fingerprint density at radius 2 is 0.842 bits per heavy atom. The Bertz CT molecular complexity index is 3530. The number of nitrogens with zero attached hydrogens (tertiary/aromatic N) is 3. The van der Waals surface area contributed by atoms with E-state index in [1.807, 2.05) is 84.9 Å². The fourth-order valence-electron chi connectivity index (χ4n) is 8.32. The molecule has 6 nitrogen and oxygen atoms in total. The SMILES string of the molecule is c1ccc(-c2nc(-c3ccc4c(c3)oc3ccccc34)nc(-c3cccc4oc5c(-c6cc(-c7ccccc7)c7c(c6)oc6ccccc67)cccc5c34)n2)cc1. The zero-order valence-corrected chi connectivity index (χ0v) is 30.3. The molecule has 266 valence electrons. The molecule has 8 aromatic carbocycles. The van der Waals surface area contributed by atoms with Gasteiger partial charge in [0.05, 0.1) is 0 Å². The summed E-state index contributed by atoms with van der Waals surface area (Å²) in [4.78, 5) is 15.3. The van der Waals surface area contributed by atoms with Gasteiger partial charge in [0.25, 0.3) is 0 Å². The molecule has 0 N–H and O–H groups in total. The maximum absolute atomic E-state index is 6.81. The van der Waals surface area contributed by atoms with Crippen LogP contribution in [0.2, 0.25) is 0 Å². The molecule has 0 radical (unpaired) electrons. The van der Waals surface area contributed by atoms with Crippen LogP contribution in [0.3, 0.4) is 0 Å². The van der Waals surface area contributed by atoms with E-state index in [2.05, 4.69) is 91.0 Å². The van der Waals surface area contributed by atoms with Crippen molar-refractivity contribution >= 4 is 65.8 Å². The highest BCUT2D eigenvalue weighted by molar-refractivity contribution is 6.17. The third-order valence-corrected chi connectivity index (χ3v) is 10.9. The third kappa shape index (κ3) is 5.01. The van der Waals surface area contributed by atoms with E-state index in [1.165, 1.54) is 0 Å². The van der Waals surface area contributed by atoms with Crippen LogP contribution in [0.25, 0.3) is 122 Å². The molecule has 0 aliphatic carbocycles. The molecule has 12 rings (SSSR count). The quantitative estimate of drug-likeness (QED) is 0.175. The number of fused-ring (bicyclic) bond motifs is 9. The Balaban J connectivity index is 1.07. The Morgan fingerprint density at radius 3 is 1.67 bits per heavy atom. The van der Waals surface area contributed by atoms with Gasteiger partial charge in [-0.15, -0.1) is 0 Å². The molecule has 0 unspecified atom stereocenters. The lowest BCUT2D eigenvalue weighted by Gasteiger charge is -2.10. The third-order valence-electron chi connectivity index (χ3n) is 10.9. The van der Waals surface area contributed by atoms with Gasteiger partial charge in [0, 0.05) is 54.6 Å². The van der Waals surface area contributed by atoms with Gasteiger partial charge in [-0.25, -0.2) is 15.0 Å². The second-order valence-electron chi connectivity index (χ2n) is 14.3. The van der Waals surface area contributed by atoms with Gasteiger partial charge in [0.2, 0.25) is 0 Å². The normalized spacial score (nSPS) is 11.9. The van der Waals surface area contributed by atoms with E-state index in [4.69, 9.17) is 28.2 Å². The highest BCUT2D eigenvalue weighted by Gasteiger charge is 2.22. The van der Waals surface area contributed by atoms with Crippen LogP contribution in [-0.2, 0) is 0 Å². The first-order chi connectivity index (χ1) is 28.2. The van der Waals surface area contributed by atoms with Crippen molar-refractivity contribution in [2.45, 2.75) is 0 Å². The van der Waals surface area contributed by atoms with Gasteiger partial charge in [-0.05, 0) is 59.2 Å². The van der Waals surface area contributed by atoms with Gasteiger partial charge < -0.3 is 13.3 Å². The number of benzene rings is 8. The molecule has 0 spiro atoms. The Morgan fingerprint density at radius 1 is 0.281 bits per heavy atom. The molecule has 0 fully saturated rings. The van der Waals surface area contributed by atoms with Gasteiger partial charge in [-0.1, -0.05) is 133 Å². The zero-order valence-electron chi connectivity index (χ0n) is 30.3. The standard InChI is InChI=1S/C51H29N3O3/c1-3-13-30(14-4-1)40-27-33(29-45-46(40)37-18-8-10-23-42(37)56-45)34-19-11-20-38-47-39(21-12-24-43(47)57-48(34)38)51-53-49(31-15-5-2-6-16-31)52-50(54-51)32-25-26-36-35-17-7-9-22-41(35)55-44(36)28-32/h1-29H. The molecule has 57 heavy (non-hydrogen) atoms. The van der Waals surface area contributed by atoms with Crippen molar-refractivity contribution in [3.05, 3.63) is 176 Å². The summed E-state index contributed by atoms with van der Waals surface area (Å²) in [7, 11) is 0. The molecule has 4 heterocycles. The molecule has 0 atom stereocenters. The number of furan rings is 3. The molecule has 0 bridgehead atoms. The summed E-state index contributed by atoms with van der Waals surface area (Å²) < 4.78 is 19.6. The predicted octanol–water partition coefficient (Wildman–Crippen LogP) is 13.9. The largest absolute Gasteiger partial charge is 0.456 e. The van der Waals surface area contributed by atoms with Crippen molar-refractivity contribution in [1.29, 1.82) is 0 Å². The van der Waals surface area contributed by atoms with Gasteiger partial charge in [0.1, 0.15) is 33.5 Å². The van der Waals surface area contributed by atoms with E-state index in [9.17, 15) is 0 Å². The minimum atomic E-state index is 0.553. The summed E-state index contributed by atoms with van der Waals surface area (Å²) in [6, 6.07) is 59.8. The molecule has 0 aliphatic heterocycles. The minimum absolute atomic E-state index is 0.553. The second-order valence-corrected chi connectivity index (χ2v) is 14.3. The van der Waals surface area contributed by atoms with Crippen molar-refractivity contribution in [2.75, 3.05) is 0 Å². The van der Waals surface area contributed by atoms with Crippen molar-refractivity contribution in [3.63, 3.8) is 0 Å². The number of rotatable bonds is 5. The van der Waals surface area contributed by atoms with E-state index in [0.717, 1.165) is 105 Å². The number of para-hydroxylation sites is 3. The first-order valence-electron chi connectivity index (χ1n) is 18.9. The summed E-state index contributed by atoms with van der Waals surface area (Å²) in [5.74, 6) is 1.69. The highest BCUT2D eigenvalue weighted by Crippen LogP contribution is 2.44. The number of hydrogen-bond donors (Lipinski definition) is 0. The maximum Gasteiger partial charge on any atom is 0.164 e. The lowest BCUT2D eigenvalue weighted by Crippen LogP contribution is -2.00. The van der Waals surface area contributed by atoms with E-state index in [1.54, 1.807) is 0 Å². The van der Waals surface area contributed by atoms with Crippen LogP contribution in [0, 0.1) is 0 Å². The van der Waals surface area contributed by atoms with Gasteiger partial charge in [-0.3, -0.25) is 0 Å².